The van der Waals surface area contributed by atoms with Crippen molar-refractivity contribution in [3.63, 3.8) is 0 Å². The van der Waals surface area contributed by atoms with E-state index in [4.69, 9.17) is 9.47 Å². The highest BCUT2D eigenvalue weighted by molar-refractivity contribution is 7.09. The molecule has 29 heavy (non-hydrogen) atoms. The second-order valence-corrected chi connectivity index (χ2v) is 6.71. The summed E-state index contributed by atoms with van der Waals surface area (Å²) in [6.45, 7) is 0.210. The number of nitro groups is 1. The molecule has 0 unspecified atom stereocenters. The number of hydrogen-bond donors (Lipinski definition) is 0. The Kier molecular flexibility index (Phi) is 6.64. The number of benzene rings is 2. The Labute approximate surface area is 169 Å². The van der Waals surface area contributed by atoms with Gasteiger partial charge in [-0.05, 0) is 35.9 Å². The largest absolute Gasteiger partial charge is 0.486 e. The van der Waals surface area contributed by atoms with E-state index in [-0.39, 0.29) is 24.7 Å². The highest BCUT2D eigenvalue weighted by Crippen LogP contribution is 2.17. The molecule has 0 aliphatic rings. The molecule has 0 bridgehead atoms. The van der Waals surface area contributed by atoms with Crippen LogP contribution in [0, 0.1) is 15.9 Å². The maximum Gasteiger partial charge on any atom is 0.331 e. The van der Waals surface area contributed by atoms with Gasteiger partial charge in [0.2, 0.25) is 0 Å². The first-order chi connectivity index (χ1) is 14.0. The molecule has 0 saturated carbocycles. The zero-order valence-electron chi connectivity index (χ0n) is 15.0. The molecule has 0 saturated heterocycles. The fourth-order valence-corrected chi connectivity index (χ4v) is 2.95. The molecular formula is C20H15FN2O5S. The third-order valence-electron chi connectivity index (χ3n) is 3.63. The van der Waals surface area contributed by atoms with Gasteiger partial charge in [0.05, 0.1) is 10.6 Å². The van der Waals surface area contributed by atoms with Crippen LogP contribution in [0.15, 0.2) is 60.0 Å². The van der Waals surface area contributed by atoms with Crippen LogP contribution in [0.4, 0.5) is 10.1 Å². The van der Waals surface area contributed by atoms with E-state index in [9.17, 15) is 19.3 Å². The molecule has 2 aromatic carbocycles. The average molecular weight is 414 g/mol. The van der Waals surface area contributed by atoms with E-state index in [1.165, 1.54) is 66.0 Å². The molecule has 0 radical (unpaired) electrons. The van der Waals surface area contributed by atoms with Gasteiger partial charge in [-0.2, -0.15) is 0 Å². The SMILES string of the molecule is O=C(/C=C/c1cccc([N+](=O)[O-])c1)OCc1csc(COc2ccc(F)cc2)n1. The van der Waals surface area contributed by atoms with Crippen molar-refractivity contribution >= 4 is 29.1 Å². The Hall–Kier alpha value is -3.59. The first-order valence-corrected chi connectivity index (χ1v) is 9.28. The van der Waals surface area contributed by atoms with Crippen LogP contribution in [-0.4, -0.2) is 15.9 Å². The molecule has 0 N–H and O–H groups in total. The van der Waals surface area contributed by atoms with Gasteiger partial charge in [-0.15, -0.1) is 11.3 Å². The number of rotatable bonds is 8. The van der Waals surface area contributed by atoms with Crippen LogP contribution in [0.5, 0.6) is 5.75 Å². The number of nitrogens with zero attached hydrogens (tertiary/aromatic N) is 2. The number of hydrogen-bond acceptors (Lipinski definition) is 7. The third kappa shape index (κ3) is 6.22. The van der Waals surface area contributed by atoms with Crippen LogP contribution in [0.3, 0.4) is 0 Å². The molecule has 0 spiro atoms. The van der Waals surface area contributed by atoms with E-state index in [1.54, 1.807) is 11.4 Å². The van der Waals surface area contributed by atoms with Crippen molar-refractivity contribution < 1.29 is 23.6 Å². The number of nitro benzene ring substituents is 1. The summed E-state index contributed by atoms with van der Waals surface area (Å²) in [5.41, 5.74) is 1.04. The monoisotopic (exact) mass is 414 g/mol. The average Bonchev–Trinajstić information content (AvgIpc) is 3.18. The van der Waals surface area contributed by atoms with Crippen molar-refractivity contribution in [1.29, 1.82) is 0 Å². The van der Waals surface area contributed by atoms with E-state index >= 15 is 0 Å². The van der Waals surface area contributed by atoms with E-state index in [1.807, 2.05) is 0 Å². The first-order valence-electron chi connectivity index (χ1n) is 8.40. The summed E-state index contributed by atoms with van der Waals surface area (Å²) in [5.74, 6) is -0.398. The highest BCUT2D eigenvalue weighted by Gasteiger charge is 2.07. The summed E-state index contributed by atoms with van der Waals surface area (Å²) in [5, 5.41) is 13.2. The lowest BCUT2D eigenvalue weighted by Crippen LogP contribution is -2.01. The van der Waals surface area contributed by atoms with Gasteiger partial charge in [-0.3, -0.25) is 10.1 Å². The summed E-state index contributed by atoms with van der Waals surface area (Å²) in [4.78, 5) is 26.4. The number of halogens is 1. The van der Waals surface area contributed by atoms with Gasteiger partial charge in [-0.1, -0.05) is 12.1 Å². The van der Waals surface area contributed by atoms with Crippen molar-refractivity contribution in [1.82, 2.24) is 4.98 Å². The number of carbonyl (C=O) groups is 1. The van der Waals surface area contributed by atoms with Gasteiger partial charge in [0.15, 0.2) is 0 Å². The van der Waals surface area contributed by atoms with Gasteiger partial charge >= 0.3 is 5.97 Å². The number of ether oxygens (including phenoxy) is 2. The van der Waals surface area contributed by atoms with Crippen molar-refractivity contribution in [2.75, 3.05) is 0 Å². The highest BCUT2D eigenvalue weighted by atomic mass is 32.1. The van der Waals surface area contributed by atoms with Crippen LogP contribution in [0.25, 0.3) is 6.08 Å². The summed E-state index contributed by atoms with van der Waals surface area (Å²) in [6, 6.07) is 11.6. The Morgan fingerprint density at radius 3 is 2.76 bits per heavy atom. The Bertz CT molecular complexity index is 1030. The van der Waals surface area contributed by atoms with Crippen molar-refractivity contribution in [3.05, 3.63) is 92.2 Å². The van der Waals surface area contributed by atoms with Gasteiger partial charge in [0.1, 0.15) is 29.8 Å². The minimum Gasteiger partial charge on any atom is -0.486 e. The Balaban J connectivity index is 1.47. The lowest BCUT2D eigenvalue weighted by molar-refractivity contribution is -0.384. The molecule has 0 aliphatic carbocycles. The minimum absolute atomic E-state index is 0.00877. The van der Waals surface area contributed by atoms with Crippen LogP contribution < -0.4 is 4.74 Å². The Morgan fingerprint density at radius 1 is 1.21 bits per heavy atom. The fraction of sp³-hybridized carbons (Fsp3) is 0.100. The fourth-order valence-electron chi connectivity index (χ4n) is 2.26. The maximum atomic E-state index is 12.9. The van der Waals surface area contributed by atoms with Crippen LogP contribution in [0.1, 0.15) is 16.3 Å². The molecular weight excluding hydrogens is 399 g/mol. The van der Waals surface area contributed by atoms with Crippen LogP contribution >= 0.6 is 11.3 Å². The minimum atomic E-state index is -0.589. The van der Waals surface area contributed by atoms with Gasteiger partial charge in [0, 0.05) is 23.6 Å². The molecule has 1 aromatic heterocycles. The summed E-state index contributed by atoms with van der Waals surface area (Å²) in [6.07, 6.45) is 2.64. The quantitative estimate of drug-likeness (QED) is 0.233. The lowest BCUT2D eigenvalue weighted by Gasteiger charge is -2.03. The molecule has 0 amide bonds. The second kappa shape index (κ2) is 9.56. The maximum absolute atomic E-state index is 12.9. The number of esters is 1. The van der Waals surface area contributed by atoms with Gasteiger partial charge < -0.3 is 9.47 Å². The predicted molar refractivity (Wildman–Crippen MR) is 105 cm³/mol. The number of carbonyl (C=O) groups excluding carboxylic acids is 1. The summed E-state index contributed by atoms with van der Waals surface area (Å²) in [7, 11) is 0. The molecule has 9 heteroatoms. The van der Waals surface area contributed by atoms with Crippen molar-refractivity contribution in [2.45, 2.75) is 13.2 Å². The zero-order valence-corrected chi connectivity index (χ0v) is 15.8. The molecule has 3 rings (SSSR count). The number of non-ortho nitro benzene ring substituents is 1. The topological polar surface area (TPSA) is 91.6 Å². The normalized spacial score (nSPS) is 10.8. The third-order valence-corrected chi connectivity index (χ3v) is 4.50. The lowest BCUT2D eigenvalue weighted by atomic mass is 10.2. The van der Waals surface area contributed by atoms with E-state index in [2.05, 4.69) is 4.98 Å². The van der Waals surface area contributed by atoms with Crippen LogP contribution in [-0.2, 0) is 22.7 Å². The van der Waals surface area contributed by atoms with E-state index < -0.39 is 10.9 Å². The van der Waals surface area contributed by atoms with Crippen molar-refractivity contribution in [3.8, 4) is 5.75 Å². The van der Waals surface area contributed by atoms with Crippen LogP contribution in [0.2, 0.25) is 0 Å². The van der Waals surface area contributed by atoms with Gasteiger partial charge in [-0.25, -0.2) is 14.2 Å². The number of thiazole rings is 1. The summed E-state index contributed by atoms with van der Waals surface area (Å²) >= 11 is 1.35. The predicted octanol–water partition coefficient (Wildman–Crippen LogP) is 4.53. The van der Waals surface area contributed by atoms with E-state index in [0.717, 1.165) is 0 Å². The van der Waals surface area contributed by atoms with Gasteiger partial charge in [0.25, 0.3) is 5.69 Å². The standard InChI is InChI=1S/C20H15FN2O5S/c21-15-5-7-18(8-6-15)27-12-19-22-16(13-29-19)11-28-20(24)9-4-14-2-1-3-17(10-14)23(25)26/h1-10,13H,11-12H2/b9-4+. The molecule has 7 nitrogen and oxygen atoms in total. The molecule has 0 atom stereocenters. The smallest absolute Gasteiger partial charge is 0.331 e. The first kappa shape index (κ1) is 20.2. The Morgan fingerprint density at radius 2 is 2.00 bits per heavy atom. The van der Waals surface area contributed by atoms with Crippen molar-refractivity contribution in [2.24, 2.45) is 0 Å². The number of aromatic nitrogens is 1. The molecule has 0 aliphatic heterocycles. The zero-order chi connectivity index (χ0) is 20.6. The van der Waals surface area contributed by atoms with E-state index in [0.29, 0.717) is 22.0 Å². The summed E-state index contributed by atoms with van der Waals surface area (Å²) < 4.78 is 23.5. The molecule has 148 valence electrons. The molecule has 3 aromatic rings. The molecule has 0 fully saturated rings. The second-order valence-electron chi connectivity index (χ2n) is 5.77. The molecule has 1 heterocycles.